The number of benzene rings is 2. The molecule has 0 radical (unpaired) electrons. The molecule has 1 N–H and O–H groups in total. The van der Waals surface area contributed by atoms with Crippen molar-refractivity contribution in [1.29, 1.82) is 0 Å². The molecule has 0 saturated heterocycles. The van der Waals surface area contributed by atoms with E-state index in [1.165, 1.54) is 9.79 Å². The van der Waals surface area contributed by atoms with Crippen molar-refractivity contribution < 1.29 is 4.74 Å². The highest BCUT2D eigenvalue weighted by atomic mass is 32.2. The molecule has 2 rings (SSSR count). The molecule has 2 nitrogen and oxygen atoms in total. The Labute approximate surface area is 106 Å². The summed E-state index contributed by atoms with van der Waals surface area (Å²) in [7, 11) is 3.61. The molecule has 0 spiro atoms. The van der Waals surface area contributed by atoms with Gasteiger partial charge in [0.2, 0.25) is 0 Å². The van der Waals surface area contributed by atoms with E-state index in [1.807, 2.05) is 19.2 Å². The minimum absolute atomic E-state index is 0.887. The maximum Gasteiger partial charge on any atom is 0.118 e. The largest absolute Gasteiger partial charge is 0.497 e. The van der Waals surface area contributed by atoms with Crippen LogP contribution in [0, 0.1) is 0 Å². The molecule has 0 aliphatic carbocycles. The van der Waals surface area contributed by atoms with E-state index in [1.54, 1.807) is 18.9 Å². The highest BCUT2D eigenvalue weighted by Crippen LogP contribution is 2.30. The lowest BCUT2D eigenvalue weighted by atomic mass is 10.3. The van der Waals surface area contributed by atoms with E-state index in [4.69, 9.17) is 4.74 Å². The van der Waals surface area contributed by atoms with Gasteiger partial charge in [-0.3, -0.25) is 0 Å². The van der Waals surface area contributed by atoms with Crippen molar-refractivity contribution in [2.75, 3.05) is 19.5 Å². The van der Waals surface area contributed by atoms with E-state index in [9.17, 15) is 0 Å². The summed E-state index contributed by atoms with van der Waals surface area (Å²) >= 11 is 1.74. The van der Waals surface area contributed by atoms with Gasteiger partial charge in [0.25, 0.3) is 0 Å². The second kappa shape index (κ2) is 5.64. The van der Waals surface area contributed by atoms with Gasteiger partial charge in [0.15, 0.2) is 0 Å². The van der Waals surface area contributed by atoms with Crippen molar-refractivity contribution in [1.82, 2.24) is 0 Å². The zero-order valence-electron chi connectivity index (χ0n) is 9.94. The smallest absolute Gasteiger partial charge is 0.118 e. The fourth-order valence-electron chi connectivity index (χ4n) is 1.49. The number of methoxy groups -OCH3 is 1. The van der Waals surface area contributed by atoms with Gasteiger partial charge in [0.1, 0.15) is 5.75 Å². The quantitative estimate of drug-likeness (QED) is 0.883. The summed E-state index contributed by atoms with van der Waals surface area (Å²) in [5.41, 5.74) is 1.13. The standard InChI is InChI=1S/C14H15NOS/c1-15-11-4-3-5-14(10-11)17-13-8-6-12(16-2)7-9-13/h3-10,15H,1-2H3. The van der Waals surface area contributed by atoms with Crippen LogP contribution < -0.4 is 10.1 Å². The molecule has 3 heteroatoms. The topological polar surface area (TPSA) is 21.3 Å². The Bertz CT molecular complexity index is 482. The highest BCUT2D eigenvalue weighted by Gasteiger charge is 1.99. The fraction of sp³-hybridized carbons (Fsp3) is 0.143. The maximum atomic E-state index is 5.14. The minimum Gasteiger partial charge on any atom is -0.497 e. The molecule has 0 fully saturated rings. The third-order valence-corrected chi connectivity index (χ3v) is 3.42. The summed E-state index contributed by atoms with van der Waals surface area (Å²) in [4.78, 5) is 2.43. The molecular formula is C14H15NOS. The van der Waals surface area contributed by atoms with E-state index >= 15 is 0 Å². The molecule has 0 unspecified atom stereocenters. The molecule has 0 saturated carbocycles. The summed E-state index contributed by atoms with van der Waals surface area (Å²) in [6.07, 6.45) is 0. The first-order chi connectivity index (χ1) is 8.31. The van der Waals surface area contributed by atoms with Crippen LogP contribution in [-0.2, 0) is 0 Å². The van der Waals surface area contributed by atoms with Crippen molar-refractivity contribution in [2.24, 2.45) is 0 Å². The van der Waals surface area contributed by atoms with Crippen LogP contribution in [0.25, 0.3) is 0 Å². The van der Waals surface area contributed by atoms with Gasteiger partial charge in [-0.2, -0.15) is 0 Å². The Hall–Kier alpha value is -1.61. The summed E-state index contributed by atoms with van der Waals surface area (Å²) < 4.78 is 5.14. The molecule has 0 amide bonds. The second-order valence-electron chi connectivity index (χ2n) is 3.56. The molecule has 0 aromatic heterocycles. The summed E-state index contributed by atoms with van der Waals surface area (Å²) in [6.45, 7) is 0. The van der Waals surface area contributed by atoms with Crippen LogP contribution >= 0.6 is 11.8 Å². The van der Waals surface area contributed by atoms with Crippen molar-refractivity contribution in [3.8, 4) is 5.75 Å². The first-order valence-corrected chi connectivity index (χ1v) is 6.23. The summed E-state index contributed by atoms with van der Waals surface area (Å²) in [6, 6.07) is 16.4. The van der Waals surface area contributed by atoms with Crippen LogP contribution in [0.2, 0.25) is 0 Å². The highest BCUT2D eigenvalue weighted by molar-refractivity contribution is 7.99. The van der Waals surface area contributed by atoms with Gasteiger partial charge in [0, 0.05) is 22.5 Å². The van der Waals surface area contributed by atoms with Crippen molar-refractivity contribution in [2.45, 2.75) is 9.79 Å². The van der Waals surface area contributed by atoms with Gasteiger partial charge >= 0.3 is 0 Å². The number of nitrogens with one attached hydrogen (secondary N) is 1. The Morgan fingerprint density at radius 3 is 2.41 bits per heavy atom. The number of hydrogen-bond donors (Lipinski definition) is 1. The predicted octanol–water partition coefficient (Wildman–Crippen LogP) is 3.89. The monoisotopic (exact) mass is 245 g/mol. The third kappa shape index (κ3) is 3.17. The lowest BCUT2D eigenvalue weighted by Crippen LogP contribution is -1.86. The molecule has 0 bridgehead atoms. The van der Waals surface area contributed by atoms with E-state index in [0.717, 1.165) is 11.4 Å². The maximum absolute atomic E-state index is 5.14. The zero-order chi connectivity index (χ0) is 12.1. The number of anilines is 1. The molecule has 17 heavy (non-hydrogen) atoms. The zero-order valence-corrected chi connectivity index (χ0v) is 10.8. The fourth-order valence-corrected chi connectivity index (χ4v) is 2.37. The van der Waals surface area contributed by atoms with Crippen LogP contribution in [0.1, 0.15) is 0 Å². The minimum atomic E-state index is 0.887. The number of rotatable bonds is 4. The summed E-state index contributed by atoms with van der Waals surface area (Å²) in [5, 5.41) is 3.14. The van der Waals surface area contributed by atoms with Gasteiger partial charge < -0.3 is 10.1 Å². The van der Waals surface area contributed by atoms with Gasteiger partial charge in [-0.1, -0.05) is 17.8 Å². The molecule has 2 aromatic carbocycles. The van der Waals surface area contributed by atoms with Crippen molar-refractivity contribution in [3.63, 3.8) is 0 Å². The van der Waals surface area contributed by atoms with E-state index in [-0.39, 0.29) is 0 Å². The van der Waals surface area contributed by atoms with E-state index in [0.29, 0.717) is 0 Å². The van der Waals surface area contributed by atoms with Crippen LogP contribution in [0.15, 0.2) is 58.3 Å². The number of hydrogen-bond acceptors (Lipinski definition) is 3. The lowest BCUT2D eigenvalue weighted by molar-refractivity contribution is 0.414. The molecule has 0 aliphatic heterocycles. The average Bonchev–Trinajstić information content (AvgIpc) is 2.40. The van der Waals surface area contributed by atoms with Gasteiger partial charge in [-0.25, -0.2) is 0 Å². The van der Waals surface area contributed by atoms with Gasteiger partial charge in [-0.15, -0.1) is 0 Å². The SMILES string of the molecule is CNc1cccc(Sc2ccc(OC)cc2)c1. The van der Waals surface area contributed by atoms with Crippen molar-refractivity contribution in [3.05, 3.63) is 48.5 Å². The molecule has 2 aromatic rings. The van der Waals surface area contributed by atoms with Crippen molar-refractivity contribution >= 4 is 17.4 Å². The van der Waals surface area contributed by atoms with Crippen LogP contribution in [0.3, 0.4) is 0 Å². The van der Waals surface area contributed by atoms with Crippen LogP contribution in [0.4, 0.5) is 5.69 Å². The van der Waals surface area contributed by atoms with Gasteiger partial charge in [-0.05, 0) is 42.5 Å². The molecule has 0 heterocycles. The molecule has 88 valence electrons. The Morgan fingerprint density at radius 1 is 1.00 bits per heavy atom. The molecule has 0 atom stereocenters. The van der Waals surface area contributed by atoms with E-state index in [2.05, 4.69) is 41.7 Å². The third-order valence-electron chi connectivity index (χ3n) is 2.42. The number of ether oxygens (including phenoxy) is 1. The Balaban J connectivity index is 2.13. The first-order valence-electron chi connectivity index (χ1n) is 5.41. The normalized spacial score (nSPS) is 10.0. The first kappa shape index (κ1) is 11.9. The second-order valence-corrected chi connectivity index (χ2v) is 4.70. The summed E-state index contributed by atoms with van der Waals surface area (Å²) in [5.74, 6) is 0.887. The van der Waals surface area contributed by atoms with Crippen LogP contribution in [-0.4, -0.2) is 14.2 Å². The van der Waals surface area contributed by atoms with Crippen LogP contribution in [0.5, 0.6) is 5.75 Å². The molecule has 0 aliphatic rings. The molecular weight excluding hydrogens is 230 g/mol. The predicted molar refractivity (Wildman–Crippen MR) is 73.1 cm³/mol. The average molecular weight is 245 g/mol. The van der Waals surface area contributed by atoms with Gasteiger partial charge in [0.05, 0.1) is 7.11 Å². The lowest BCUT2D eigenvalue weighted by Gasteiger charge is -2.05. The Kier molecular flexibility index (Phi) is 3.94. The Morgan fingerprint density at radius 2 is 1.76 bits per heavy atom. The van der Waals surface area contributed by atoms with E-state index < -0.39 is 0 Å².